The van der Waals surface area contributed by atoms with E-state index < -0.39 is 0 Å². The van der Waals surface area contributed by atoms with Crippen molar-refractivity contribution in [3.8, 4) is 0 Å². The highest BCUT2D eigenvalue weighted by Gasteiger charge is 2.38. The first-order valence-corrected chi connectivity index (χ1v) is 6.94. The average Bonchev–Trinajstić information content (AvgIpc) is 2.92. The van der Waals surface area contributed by atoms with E-state index in [0.717, 1.165) is 45.3 Å². The smallest absolute Gasteiger partial charge is 0.241 e. The van der Waals surface area contributed by atoms with E-state index in [2.05, 4.69) is 19.2 Å². The SMILES string of the molecule is CCCC1NC(CC)C(=O)N1CC1CCCO1. The standard InChI is InChI=1S/C13H24N2O2/c1-3-6-12-14-11(4-2)13(16)15(12)9-10-7-5-8-17-10/h10-12,14H,3-9H2,1-2H3. The number of hydrogen-bond donors (Lipinski definition) is 1. The Hall–Kier alpha value is -0.610. The molecule has 0 bridgehead atoms. The highest BCUT2D eigenvalue weighted by Crippen LogP contribution is 2.21. The third-order valence-electron chi connectivity index (χ3n) is 3.75. The Labute approximate surface area is 104 Å². The molecule has 0 aromatic heterocycles. The molecule has 4 nitrogen and oxygen atoms in total. The van der Waals surface area contributed by atoms with Gasteiger partial charge in [-0.2, -0.15) is 0 Å². The van der Waals surface area contributed by atoms with E-state index in [1.807, 2.05) is 4.90 Å². The summed E-state index contributed by atoms with van der Waals surface area (Å²) < 4.78 is 5.64. The zero-order chi connectivity index (χ0) is 12.3. The maximum Gasteiger partial charge on any atom is 0.241 e. The van der Waals surface area contributed by atoms with Crippen LogP contribution in [-0.4, -0.2) is 42.3 Å². The van der Waals surface area contributed by atoms with Crippen LogP contribution in [0, 0.1) is 0 Å². The van der Waals surface area contributed by atoms with Crippen LogP contribution in [0.3, 0.4) is 0 Å². The van der Waals surface area contributed by atoms with Crippen LogP contribution in [0.1, 0.15) is 46.0 Å². The molecule has 2 fully saturated rings. The van der Waals surface area contributed by atoms with Crippen molar-refractivity contribution in [3.63, 3.8) is 0 Å². The Bertz CT molecular complexity index is 264. The summed E-state index contributed by atoms with van der Waals surface area (Å²) in [6, 6.07) is 0.0213. The zero-order valence-corrected chi connectivity index (χ0v) is 10.9. The summed E-state index contributed by atoms with van der Waals surface area (Å²) in [6.07, 6.45) is 5.73. The molecule has 2 rings (SSSR count). The summed E-state index contributed by atoms with van der Waals surface area (Å²) >= 11 is 0. The van der Waals surface area contributed by atoms with Crippen LogP contribution in [0.2, 0.25) is 0 Å². The van der Waals surface area contributed by atoms with Gasteiger partial charge in [0.05, 0.1) is 18.3 Å². The minimum atomic E-state index is 0.0213. The lowest BCUT2D eigenvalue weighted by Crippen LogP contribution is -2.41. The molecule has 2 heterocycles. The van der Waals surface area contributed by atoms with E-state index in [1.54, 1.807) is 0 Å². The molecule has 0 aromatic carbocycles. The van der Waals surface area contributed by atoms with Crippen LogP contribution >= 0.6 is 0 Å². The van der Waals surface area contributed by atoms with Crippen LogP contribution in [-0.2, 0) is 9.53 Å². The van der Waals surface area contributed by atoms with E-state index in [4.69, 9.17) is 4.74 Å². The number of hydrogen-bond acceptors (Lipinski definition) is 3. The number of nitrogens with one attached hydrogen (secondary N) is 1. The third-order valence-corrected chi connectivity index (χ3v) is 3.75. The molecule has 17 heavy (non-hydrogen) atoms. The van der Waals surface area contributed by atoms with E-state index in [0.29, 0.717) is 0 Å². The van der Waals surface area contributed by atoms with Gasteiger partial charge in [-0.1, -0.05) is 20.3 Å². The molecule has 0 radical (unpaired) electrons. The summed E-state index contributed by atoms with van der Waals surface area (Å²) in [4.78, 5) is 14.2. The van der Waals surface area contributed by atoms with Crippen molar-refractivity contribution in [2.75, 3.05) is 13.2 Å². The molecule has 2 saturated heterocycles. The number of carbonyl (C=O) groups is 1. The van der Waals surface area contributed by atoms with Gasteiger partial charge in [-0.15, -0.1) is 0 Å². The summed E-state index contributed by atoms with van der Waals surface area (Å²) in [5, 5.41) is 3.44. The minimum Gasteiger partial charge on any atom is -0.376 e. The molecule has 0 saturated carbocycles. The molecule has 3 atom stereocenters. The van der Waals surface area contributed by atoms with Gasteiger partial charge in [0.1, 0.15) is 0 Å². The number of rotatable bonds is 5. The number of carbonyl (C=O) groups excluding carboxylic acids is 1. The van der Waals surface area contributed by atoms with Crippen molar-refractivity contribution in [1.29, 1.82) is 0 Å². The zero-order valence-electron chi connectivity index (χ0n) is 10.9. The highest BCUT2D eigenvalue weighted by molar-refractivity contribution is 5.84. The molecule has 2 aliphatic rings. The maximum atomic E-state index is 12.2. The van der Waals surface area contributed by atoms with Crippen molar-refractivity contribution in [1.82, 2.24) is 10.2 Å². The van der Waals surface area contributed by atoms with E-state index in [-0.39, 0.29) is 24.2 Å². The lowest BCUT2D eigenvalue weighted by atomic mass is 10.2. The number of ether oxygens (including phenoxy) is 1. The lowest BCUT2D eigenvalue weighted by Gasteiger charge is -2.26. The first-order valence-electron chi connectivity index (χ1n) is 6.94. The van der Waals surface area contributed by atoms with Crippen molar-refractivity contribution in [2.24, 2.45) is 0 Å². The van der Waals surface area contributed by atoms with Crippen LogP contribution in [0.15, 0.2) is 0 Å². The monoisotopic (exact) mass is 240 g/mol. The van der Waals surface area contributed by atoms with Crippen molar-refractivity contribution in [2.45, 2.75) is 64.3 Å². The fraction of sp³-hybridized carbons (Fsp3) is 0.923. The van der Waals surface area contributed by atoms with Gasteiger partial charge >= 0.3 is 0 Å². The summed E-state index contributed by atoms with van der Waals surface area (Å²) in [6.45, 7) is 5.85. The lowest BCUT2D eigenvalue weighted by molar-refractivity contribution is -0.131. The topological polar surface area (TPSA) is 41.6 Å². The van der Waals surface area contributed by atoms with E-state index >= 15 is 0 Å². The second-order valence-corrected chi connectivity index (χ2v) is 5.06. The number of amides is 1. The predicted octanol–water partition coefficient (Wildman–Crippen LogP) is 1.50. The van der Waals surface area contributed by atoms with Crippen LogP contribution in [0.4, 0.5) is 0 Å². The van der Waals surface area contributed by atoms with Crippen molar-refractivity contribution < 1.29 is 9.53 Å². The largest absolute Gasteiger partial charge is 0.376 e. The summed E-state index contributed by atoms with van der Waals surface area (Å²) in [5.41, 5.74) is 0. The van der Waals surface area contributed by atoms with Gasteiger partial charge in [-0.25, -0.2) is 0 Å². The summed E-state index contributed by atoms with van der Waals surface area (Å²) in [7, 11) is 0. The maximum absolute atomic E-state index is 12.2. The van der Waals surface area contributed by atoms with Gasteiger partial charge in [0, 0.05) is 13.2 Å². The van der Waals surface area contributed by atoms with Crippen molar-refractivity contribution in [3.05, 3.63) is 0 Å². The Balaban J connectivity index is 1.97. The third kappa shape index (κ3) is 2.80. The molecule has 1 N–H and O–H groups in total. The molecule has 0 spiro atoms. The Morgan fingerprint density at radius 2 is 2.29 bits per heavy atom. The average molecular weight is 240 g/mol. The second kappa shape index (κ2) is 5.83. The van der Waals surface area contributed by atoms with Gasteiger partial charge < -0.3 is 9.64 Å². The van der Waals surface area contributed by atoms with Gasteiger partial charge in [-0.3, -0.25) is 10.1 Å². The Morgan fingerprint density at radius 3 is 2.88 bits per heavy atom. The van der Waals surface area contributed by atoms with E-state index in [9.17, 15) is 4.79 Å². The van der Waals surface area contributed by atoms with Gasteiger partial charge in [0.25, 0.3) is 0 Å². The fourth-order valence-corrected chi connectivity index (χ4v) is 2.78. The first kappa shape index (κ1) is 12.8. The van der Waals surface area contributed by atoms with Crippen LogP contribution in [0.5, 0.6) is 0 Å². The molecular formula is C13H24N2O2. The predicted molar refractivity (Wildman–Crippen MR) is 66.6 cm³/mol. The molecule has 4 heteroatoms. The second-order valence-electron chi connectivity index (χ2n) is 5.06. The molecule has 2 aliphatic heterocycles. The number of nitrogens with zero attached hydrogens (tertiary/aromatic N) is 1. The molecule has 0 aliphatic carbocycles. The molecular weight excluding hydrogens is 216 g/mol. The van der Waals surface area contributed by atoms with Crippen molar-refractivity contribution >= 4 is 5.91 Å². The van der Waals surface area contributed by atoms with Crippen LogP contribution < -0.4 is 5.32 Å². The van der Waals surface area contributed by atoms with E-state index in [1.165, 1.54) is 0 Å². The van der Waals surface area contributed by atoms with Crippen LogP contribution in [0.25, 0.3) is 0 Å². The quantitative estimate of drug-likeness (QED) is 0.792. The van der Waals surface area contributed by atoms with Gasteiger partial charge in [0.15, 0.2) is 0 Å². The van der Waals surface area contributed by atoms with Gasteiger partial charge in [-0.05, 0) is 25.7 Å². The Kier molecular flexibility index (Phi) is 4.40. The normalized spacial score (nSPS) is 33.6. The molecule has 3 unspecified atom stereocenters. The summed E-state index contributed by atoms with van der Waals surface area (Å²) in [5.74, 6) is 0.265. The molecule has 0 aromatic rings. The first-order chi connectivity index (χ1) is 8.26. The Morgan fingerprint density at radius 1 is 1.47 bits per heavy atom. The minimum absolute atomic E-state index is 0.0213. The fourth-order valence-electron chi connectivity index (χ4n) is 2.78. The highest BCUT2D eigenvalue weighted by atomic mass is 16.5. The molecule has 98 valence electrons. The molecule has 1 amide bonds. The van der Waals surface area contributed by atoms with Gasteiger partial charge in [0.2, 0.25) is 5.91 Å².